The molecule has 0 spiro atoms. The highest BCUT2D eigenvalue weighted by Crippen LogP contribution is 2.26. The number of carbonyl (C=O) groups excluding carboxylic acids is 1. The van der Waals surface area contributed by atoms with Crippen molar-refractivity contribution >= 4 is 40.8 Å². The Kier molecular flexibility index (Phi) is 9.28. The van der Waals surface area contributed by atoms with Crippen molar-refractivity contribution in [1.29, 1.82) is 0 Å². The molecular weight excluding hydrogens is 479 g/mol. The van der Waals surface area contributed by atoms with E-state index in [0.717, 1.165) is 32.7 Å². The van der Waals surface area contributed by atoms with Gasteiger partial charge in [-0.15, -0.1) is 0 Å². The van der Waals surface area contributed by atoms with Crippen LogP contribution in [0.25, 0.3) is 0 Å². The van der Waals surface area contributed by atoms with Crippen LogP contribution in [0.1, 0.15) is 27.6 Å². The minimum Gasteiger partial charge on any atom is -0.478 e. The molecule has 0 saturated carbocycles. The van der Waals surface area contributed by atoms with Gasteiger partial charge in [0, 0.05) is 42.5 Å². The Bertz CT molecular complexity index is 1020. The van der Waals surface area contributed by atoms with Gasteiger partial charge in [0.2, 0.25) is 0 Å². The monoisotopic (exact) mass is 501 g/mol. The van der Waals surface area contributed by atoms with Crippen molar-refractivity contribution in [2.75, 3.05) is 42.9 Å². The molecule has 8 nitrogen and oxygen atoms in total. The second-order valence-electron chi connectivity index (χ2n) is 7.22. The van der Waals surface area contributed by atoms with Crippen LogP contribution in [0, 0.1) is 0 Å². The third-order valence-corrected chi connectivity index (χ3v) is 5.25. The van der Waals surface area contributed by atoms with Crippen LogP contribution in [-0.2, 0) is 4.79 Å². The molecule has 0 bridgehead atoms. The Labute approximate surface area is 198 Å². The normalized spacial score (nSPS) is 14.1. The van der Waals surface area contributed by atoms with Crippen molar-refractivity contribution in [2.45, 2.75) is 13.1 Å². The van der Waals surface area contributed by atoms with Crippen LogP contribution >= 0.6 is 11.6 Å². The number of halogens is 4. The lowest BCUT2D eigenvalue weighted by molar-refractivity contribution is -0.192. The Morgan fingerprint density at radius 2 is 1.56 bits per heavy atom. The quantitative estimate of drug-likeness (QED) is 0.566. The lowest BCUT2D eigenvalue weighted by Gasteiger charge is -2.36. The number of anilines is 2. The Hall–Kier alpha value is -3.31. The Balaban J connectivity index is 0.000000509. The highest BCUT2D eigenvalue weighted by atomic mass is 35.5. The van der Waals surface area contributed by atoms with Gasteiger partial charge in [0.25, 0.3) is 5.91 Å². The molecule has 1 aliphatic heterocycles. The molecule has 1 amide bonds. The van der Waals surface area contributed by atoms with Crippen molar-refractivity contribution in [3.63, 3.8) is 0 Å². The first-order valence-corrected chi connectivity index (χ1v) is 10.5. The Morgan fingerprint density at radius 3 is 2.03 bits per heavy atom. The average molecular weight is 502 g/mol. The molecule has 3 rings (SSSR count). The van der Waals surface area contributed by atoms with E-state index in [1.807, 2.05) is 0 Å². The molecule has 2 aromatic rings. The average Bonchev–Trinajstić information content (AvgIpc) is 2.79. The third-order valence-electron chi connectivity index (χ3n) is 4.99. The molecule has 3 N–H and O–H groups in total. The topological polar surface area (TPSA) is 110 Å². The molecule has 1 fully saturated rings. The summed E-state index contributed by atoms with van der Waals surface area (Å²) in [6.07, 6.45) is -5.08. The fraction of sp³-hybridized carbons (Fsp3) is 0.318. The number of hydrogen-bond donors (Lipinski definition) is 3. The van der Waals surface area contributed by atoms with E-state index in [4.69, 9.17) is 21.5 Å². The molecular formula is C22H23ClF3N3O5. The number of benzene rings is 2. The lowest BCUT2D eigenvalue weighted by atomic mass is 10.1. The van der Waals surface area contributed by atoms with Crippen molar-refractivity contribution in [2.24, 2.45) is 0 Å². The summed E-state index contributed by atoms with van der Waals surface area (Å²) in [5.74, 6) is -4.08. The summed E-state index contributed by atoms with van der Waals surface area (Å²) in [5.41, 5.74) is 1.77. The molecule has 184 valence electrons. The maximum absolute atomic E-state index is 12.3. The molecule has 1 saturated heterocycles. The van der Waals surface area contributed by atoms with E-state index in [1.165, 1.54) is 6.07 Å². The molecule has 12 heteroatoms. The molecule has 1 heterocycles. The number of aromatic carboxylic acids is 1. The molecule has 2 aromatic carbocycles. The Morgan fingerprint density at radius 1 is 1.00 bits per heavy atom. The summed E-state index contributed by atoms with van der Waals surface area (Å²) in [7, 11) is 0. The van der Waals surface area contributed by atoms with Crippen molar-refractivity contribution < 1.29 is 37.8 Å². The maximum Gasteiger partial charge on any atom is 0.490 e. The summed E-state index contributed by atoms with van der Waals surface area (Å²) in [5, 5.41) is 20.1. The van der Waals surface area contributed by atoms with E-state index in [9.17, 15) is 27.9 Å². The molecule has 0 atom stereocenters. The molecule has 34 heavy (non-hydrogen) atoms. The van der Waals surface area contributed by atoms with Crippen LogP contribution in [0.5, 0.6) is 0 Å². The SMILES string of the molecule is CCN1CCN(c2ccc(NC(=O)c3ccc(Cl)cc3)cc2C(=O)O)CC1.O=C(O)C(F)(F)F. The van der Waals surface area contributed by atoms with Gasteiger partial charge in [0.05, 0.1) is 11.3 Å². The fourth-order valence-corrected chi connectivity index (χ4v) is 3.30. The zero-order chi connectivity index (χ0) is 25.5. The molecule has 0 aromatic heterocycles. The van der Waals surface area contributed by atoms with Crippen molar-refractivity contribution in [1.82, 2.24) is 4.90 Å². The van der Waals surface area contributed by atoms with Gasteiger partial charge in [0.1, 0.15) is 0 Å². The van der Waals surface area contributed by atoms with Crippen molar-refractivity contribution in [3.05, 3.63) is 58.6 Å². The summed E-state index contributed by atoms with van der Waals surface area (Å²) in [6.45, 7) is 6.50. The summed E-state index contributed by atoms with van der Waals surface area (Å²) in [6, 6.07) is 11.5. The zero-order valence-corrected chi connectivity index (χ0v) is 18.9. The maximum atomic E-state index is 12.3. The smallest absolute Gasteiger partial charge is 0.478 e. The van der Waals surface area contributed by atoms with E-state index in [0.29, 0.717) is 22.0 Å². The van der Waals surface area contributed by atoms with Gasteiger partial charge in [-0.1, -0.05) is 18.5 Å². The largest absolute Gasteiger partial charge is 0.490 e. The van der Waals surface area contributed by atoms with Gasteiger partial charge in [-0.2, -0.15) is 13.2 Å². The summed E-state index contributed by atoms with van der Waals surface area (Å²) >= 11 is 5.84. The molecule has 0 radical (unpaired) electrons. The number of likely N-dealkylation sites (N-methyl/N-ethyl adjacent to an activating group) is 1. The number of rotatable bonds is 5. The van der Waals surface area contributed by atoms with Gasteiger partial charge >= 0.3 is 18.1 Å². The van der Waals surface area contributed by atoms with Gasteiger partial charge in [-0.05, 0) is 49.0 Å². The van der Waals surface area contributed by atoms with Crippen LogP contribution in [0.4, 0.5) is 24.5 Å². The highest BCUT2D eigenvalue weighted by Gasteiger charge is 2.38. The molecule has 0 unspecified atom stereocenters. The van der Waals surface area contributed by atoms with Crippen molar-refractivity contribution in [3.8, 4) is 0 Å². The number of hydrogen-bond acceptors (Lipinski definition) is 5. The predicted octanol–water partition coefficient (Wildman–Crippen LogP) is 4.07. The van der Waals surface area contributed by atoms with Crippen LogP contribution in [0.15, 0.2) is 42.5 Å². The number of aliphatic carboxylic acids is 1. The van der Waals surface area contributed by atoms with E-state index in [2.05, 4.69) is 22.0 Å². The minimum atomic E-state index is -5.08. The number of nitrogens with one attached hydrogen (secondary N) is 1. The first-order chi connectivity index (χ1) is 15.9. The number of piperazine rings is 1. The fourth-order valence-electron chi connectivity index (χ4n) is 3.17. The summed E-state index contributed by atoms with van der Waals surface area (Å²) < 4.78 is 31.7. The number of nitrogens with zero attached hydrogens (tertiary/aromatic N) is 2. The van der Waals surface area contributed by atoms with E-state index in [1.54, 1.807) is 36.4 Å². The van der Waals surface area contributed by atoms with Crippen LogP contribution in [0.2, 0.25) is 5.02 Å². The van der Waals surface area contributed by atoms with Crippen LogP contribution < -0.4 is 10.2 Å². The first kappa shape index (κ1) is 26.9. The van der Waals surface area contributed by atoms with E-state index >= 15 is 0 Å². The zero-order valence-electron chi connectivity index (χ0n) is 18.1. The summed E-state index contributed by atoms with van der Waals surface area (Å²) in [4.78, 5) is 37.4. The molecule has 1 aliphatic rings. The number of alkyl halides is 3. The number of carbonyl (C=O) groups is 3. The molecule has 0 aliphatic carbocycles. The van der Waals surface area contributed by atoms with E-state index in [-0.39, 0.29) is 11.5 Å². The highest BCUT2D eigenvalue weighted by molar-refractivity contribution is 6.30. The van der Waals surface area contributed by atoms with Crippen LogP contribution in [0.3, 0.4) is 0 Å². The van der Waals surface area contributed by atoms with Gasteiger partial charge in [-0.3, -0.25) is 4.79 Å². The first-order valence-electron chi connectivity index (χ1n) is 10.1. The standard InChI is InChI=1S/C20H22ClN3O3.C2HF3O2/c1-2-23-9-11-24(12-10-23)18-8-7-16(13-17(18)20(26)27)22-19(25)14-3-5-15(21)6-4-14;3-2(4,5)1(6)7/h3-8,13H,2,9-12H2,1H3,(H,22,25)(H,26,27);(H,6,7). The van der Waals surface area contributed by atoms with Gasteiger partial charge < -0.3 is 25.3 Å². The number of carboxylic acids is 2. The number of amides is 1. The predicted molar refractivity (Wildman–Crippen MR) is 121 cm³/mol. The van der Waals surface area contributed by atoms with E-state index < -0.39 is 18.1 Å². The second kappa shape index (κ2) is 11.7. The third kappa shape index (κ3) is 7.63. The lowest BCUT2D eigenvalue weighted by Crippen LogP contribution is -2.46. The van der Waals surface area contributed by atoms with Crippen LogP contribution in [-0.4, -0.2) is 71.9 Å². The second-order valence-corrected chi connectivity index (χ2v) is 7.66. The minimum absolute atomic E-state index is 0.189. The van der Waals surface area contributed by atoms with Gasteiger partial charge in [0.15, 0.2) is 0 Å². The number of carboxylic acid groups (broad SMARTS) is 2. The van der Waals surface area contributed by atoms with Gasteiger partial charge in [-0.25, -0.2) is 9.59 Å².